The van der Waals surface area contributed by atoms with Crippen molar-refractivity contribution in [3.8, 4) is 0 Å². The lowest BCUT2D eigenvalue weighted by Crippen LogP contribution is -2.46. The third-order valence-corrected chi connectivity index (χ3v) is 4.17. The Morgan fingerprint density at radius 2 is 2.10 bits per heavy atom. The summed E-state index contributed by atoms with van der Waals surface area (Å²) in [6.07, 6.45) is 2.16. The van der Waals surface area contributed by atoms with Crippen LogP contribution in [0.4, 0.5) is 4.79 Å². The number of hydrogen-bond acceptors (Lipinski definition) is 4. The zero-order valence-corrected chi connectivity index (χ0v) is 11.3. The number of urea groups is 1. The second kappa shape index (κ2) is 4.46. The van der Waals surface area contributed by atoms with Crippen molar-refractivity contribution >= 4 is 12.0 Å². The van der Waals surface area contributed by atoms with Crippen molar-refractivity contribution in [2.24, 2.45) is 5.41 Å². The lowest BCUT2D eigenvalue weighted by atomic mass is 9.90. The molecule has 3 rings (SSSR count). The van der Waals surface area contributed by atoms with Crippen molar-refractivity contribution in [2.45, 2.75) is 26.4 Å². The number of nitrogens with zero attached hydrogens (tertiary/aromatic N) is 5. The number of carboxylic acid groups (broad SMARTS) is 1. The molecule has 2 aliphatic heterocycles. The summed E-state index contributed by atoms with van der Waals surface area (Å²) in [6.45, 7) is 4.16. The first-order chi connectivity index (χ1) is 9.49. The quantitative estimate of drug-likeness (QED) is 0.782. The first-order valence-corrected chi connectivity index (χ1v) is 6.63. The van der Waals surface area contributed by atoms with Crippen LogP contribution in [0.1, 0.15) is 19.2 Å². The molecule has 0 aliphatic carbocycles. The lowest BCUT2D eigenvalue weighted by Gasteiger charge is -2.31. The van der Waals surface area contributed by atoms with E-state index in [1.54, 1.807) is 23.1 Å². The first kappa shape index (κ1) is 12.9. The Balaban J connectivity index is 1.68. The van der Waals surface area contributed by atoms with E-state index in [-0.39, 0.29) is 12.6 Å². The molecule has 1 atom stereocenters. The molecule has 1 aromatic heterocycles. The van der Waals surface area contributed by atoms with Gasteiger partial charge in [0.25, 0.3) is 0 Å². The summed E-state index contributed by atoms with van der Waals surface area (Å²) < 4.78 is 1.93. The highest BCUT2D eigenvalue weighted by Gasteiger charge is 2.43. The Labute approximate surface area is 116 Å². The molecule has 0 aromatic carbocycles. The predicted octanol–water partition coefficient (Wildman–Crippen LogP) is 0.0103. The van der Waals surface area contributed by atoms with Crippen LogP contribution in [-0.2, 0) is 17.9 Å². The van der Waals surface area contributed by atoms with Crippen LogP contribution in [0.3, 0.4) is 0 Å². The minimum Gasteiger partial charge on any atom is -0.481 e. The molecule has 1 unspecified atom stereocenters. The molecule has 1 saturated heterocycles. The van der Waals surface area contributed by atoms with E-state index in [1.807, 2.05) is 4.57 Å². The van der Waals surface area contributed by atoms with Crippen molar-refractivity contribution in [3.05, 3.63) is 12.2 Å². The van der Waals surface area contributed by atoms with Gasteiger partial charge in [-0.1, -0.05) is 0 Å². The van der Waals surface area contributed by atoms with Gasteiger partial charge in [0.1, 0.15) is 6.33 Å². The number of likely N-dealkylation sites (tertiary alicyclic amines) is 1. The van der Waals surface area contributed by atoms with E-state index in [0.29, 0.717) is 32.6 Å². The second-order valence-corrected chi connectivity index (χ2v) is 5.68. The number of carbonyl (C=O) groups is 2. The summed E-state index contributed by atoms with van der Waals surface area (Å²) in [6, 6.07) is -0.107. The molecular formula is C12H17N5O3. The fourth-order valence-corrected chi connectivity index (χ4v) is 2.73. The number of amides is 2. The van der Waals surface area contributed by atoms with Gasteiger partial charge >= 0.3 is 12.0 Å². The molecule has 108 valence electrons. The zero-order valence-electron chi connectivity index (χ0n) is 11.3. The molecular weight excluding hydrogens is 262 g/mol. The van der Waals surface area contributed by atoms with Crippen LogP contribution in [0.2, 0.25) is 0 Å². The molecule has 8 nitrogen and oxygen atoms in total. The Morgan fingerprint density at radius 3 is 2.80 bits per heavy atom. The molecule has 20 heavy (non-hydrogen) atoms. The van der Waals surface area contributed by atoms with Gasteiger partial charge < -0.3 is 19.5 Å². The van der Waals surface area contributed by atoms with E-state index in [4.69, 9.17) is 0 Å². The smallest absolute Gasteiger partial charge is 0.320 e. The van der Waals surface area contributed by atoms with E-state index in [2.05, 4.69) is 10.2 Å². The highest BCUT2D eigenvalue weighted by Crippen LogP contribution is 2.31. The third kappa shape index (κ3) is 2.00. The Bertz CT molecular complexity index is 557. The van der Waals surface area contributed by atoms with Crippen molar-refractivity contribution in [2.75, 3.05) is 19.6 Å². The van der Waals surface area contributed by atoms with Gasteiger partial charge in [0.2, 0.25) is 0 Å². The van der Waals surface area contributed by atoms with Crippen LogP contribution < -0.4 is 0 Å². The molecule has 0 saturated carbocycles. The SMILES string of the molecule is CC1(C(=O)O)CCN(C(=O)N2CCn3cnnc3C2)C1. The molecule has 1 fully saturated rings. The van der Waals surface area contributed by atoms with E-state index in [9.17, 15) is 14.7 Å². The van der Waals surface area contributed by atoms with Crippen LogP contribution in [0.25, 0.3) is 0 Å². The van der Waals surface area contributed by atoms with Gasteiger partial charge in [0.05, 0.1) is 12.0 Å². The summed E-state index contributed by atoms with van der Waals surface area (Å²) >= 11 is 0. The van der Waals surface area contributed by atoms with Gasteiger partial charge in [-0.15, -0.1) is 10.2 Å². The fraction of sp³-hybridized carbons (Fsp3) is 0.667. The largest absolute Gasteiger partial charge is 0.481 e. The Kier molecular flexibility index (Phi) is 2.88. The van der Waals surface area contributed by atoms with Gasteiger partial charge in [-0.05, 0) is 13.3 Å². The third-order valence-electron chi connectivity index (χ3n) is 4.17. The summed E-state index contributed by atoms with van der Waals surface area (Å²) in [4.78, 5) is 27.0. The maximum absolute atomic E-state index is 12.4. The molecule has 1 aromatic rings. The monoisotopic (exact) mass is 279 g/mol. The van der Waals surface area contributed by atoms with E-state index in [1.165, 1.54) is 0 Å². The standard InChI is InChI=1S/C12H17N5O3/c1-12(10(18)19)2-3-16(7-12)11(20)15-4-5-17-8-13-14-9(17)6-15/h8H,2-7H2,1H3,(H,18,19). The number of fused-ring (bicyclic) bond motifs is 1. The van der Waals surface area contributed by atoms with Crippen LogP contribution in [0.5, 0.6) is 0 Å². The molecule has 2 aliphatic rings. The average molecular weight is 279 g/mol. The van der Waals surface area contributed by atoms with E-state index < -0.39 is 11.4 Å². The lowest BCUT2D eigenvalue weighted by molar-refractivity contribution is -0.147. The van der Waals surface area contributed by atoms with Gasteiger partial charge in [-0.2, -0.15) is 0 Å². The number of carbonyl (C=O) groups excluding carboxylic acids is 1. The zero-order chi connectivity index (χ0) is 14.3. The highest BCUT2D eigenvalue weighted by molar-refractivity contribution is 5.79. The normalized spacial score (nSPS) is 25.6. The summed E-state index contributed by atoms with van der Waals surface area (Å²) in [5, 5.41) is 17.0. The number of hydrogen-bond donors (Lipinski definition) is 1. The van der Waals surface area contributed by atoms with Crippen LogP contribution in [0.15, 0.2) is 6.33 Å². The predicted molar refractivity (Wildman–Crippen MR) is 67.8 cm³/mol. The number of rotatable bonds is 1. The van der Waals surface area contributed by atoms with E-state index in [0.717, 1.165) is 5.82 Å². The first-order valence-electron chi connectivity index (χ1n) is 6.63. The molecule has 0 radical (unpaired) electrons. The maximum Gasteiger partial charge on any atom is 0.320 e. The summed E-state index contributed by atoms with van der Waals surface area (Å²) in [5.41, 5.74) is -0.828. The minimum absolute atomic E-state index is 0.107. The van der Waals surface area contributed by atoms with Crippen molar-refractivity contribution in [1.82, 2.24) is 24.6 Å². The van der Waals surface area contributed by atoms with Crippen molar-refractivity contribution < 1.29 is 14.7 Å². The fourth-order valence-electron chi connectivity index (χ4n) is 2.73. The maximum atomic E-state index is 12.4. The van der Waals surface area contributed by atoms with Crippen LogP contribution in [0, 0.1) is 5.41 Å². The van der Waals surface area contributed by atoms with Crippen LogP contribution >= 0.6 is 0 Å². The molecule has 1 N–H and O–H groups in total. The molecule has 2 amide bonds. The van der Waals surface area contributed by atoms with Gasteiger partial charge in [-0.3, -0.25) is 4.79 Å². The van der Waals surface area contributed by atoms with Gasteiger partial charge in [-0.25, -0.2) is 4.79 Å². The summed E-state index contributed by atoms with van der Waals surface area (Å²) in [7, 11) is 0. The summed E-state index contributed by atoms with van der Waals surface area (Å²) in [5.74, 6) is -0.0732. The van der Waals surface area contributed by atoms with Gasteiger partial charge in [0, 0.05) is 26.2 Å². The molecule has 3 heterocycles. The average Bonchev–Trinajstić information content (AvgIpc) is 3.04. The second-order valence-electron chi connectivity index (χ2n) is 5.68. The number of aromatic nitrogens is 3. The Morgan fingerprint density at radius 1 is 1.30 bits per heavy atom. The highest BCUT2D eigenvalue weighted by atomic mass is 16.4. The number of carboxylic acids is 1. The van der Waals surface area contributed by atoms with E-state index >= 15 is 0 Å². The van der Waals surface area contributed by atoms with Gasteiger partial charge in [0.15, 0.2) is 5.82 Å². The molecule has 0 bridgehead atoms. The van der Waals surface area contributed by atoms with Crippen molar-refractivity contribution in [3.63, 3.8) is 0 Å². The Hall–Kier alpha value is -2.12. The topological polar surface area (TPSA) is 91.6 Å². The molecule has 0 spiro atoms. The number of aliphatic carboxylic acids is 1. The van der Waals surface area contributed by atoms with Crippen molar-refractivity contribution in [1.29, 1.82) is 0 Å². The molecule has 8 heteroatoms. The minimum atomic E-state index is -0.841. The van der Waals surface area contributed by atoms with Crippen LogP contribution in [-0.4, -0.2) is 61.3 Å².